The summed E-state index contributed by atoms with van der Waals surface area (Å²) in [6.07, 6.45) is 5.21. The van der Waals surface area contributed by atoms with Gasteiger partial charge in [0.2, 0.25) is 5.91 Å². The topological polar surface area (TPSA) is 43.6 Å². The molecule has 1 amide bonds. The van der Waals surface area contributed by atoms with Crippen molar-refractivity contribution < 1.29 is 13.9 Å². The molecule has 1 heterocycles. The smallest absolute Gasteiger partial charge is 0.248 e. The summed E-state index contributed by atoms with van der Waals surface area (Å²) in [4.78, 5) is 17.3. The van der Waals surface area contributed by atoms with Gasteiger partial charge in [-0.3, -0.25) is 4.79 Å². The number of carbonyl (C=O) groups excluding carboxylic acids is 1. The van der Waals surface area contributed by atoms with Crippen LogP contribution in [0.4, 0.5) is 4.39 Å². The summed E-state index contributed by atoms with van der Waals surface area (Å²) in [7, 11) is 0. The number of hydrogen-bond donors (Lipinski definition) is 0. The quantitative estimate of drug-likeness (QED) is 0.742. The molecule has 130 valence electrons. The zero-order valence-corrected chi connectivity index (χ0v) is 14.8. The van der Waals surface area contributed by atoms with Crippen molar-refractivity contribution in [3.63, 3.8) is 0 Å². The van der Waals surface area contributed by atoms with Crippen molar-refractivity contribution in [2.45, 2.75) is 45.6 Å². The number of hydrogen-bond acceptors (Lipinski definition) is 3. The molecule has 1 fully saturated rings. The number of aromatic nitrogens is 1. The van der Waals surface area contributed by atoms with Gasteiger partial charge in [0.05, 0.1) is 16.8 Å². The van der Waals surface area contributed by atoms with Crippen LogP contribution in [0.1, 0.15) is 39.0 Å². The van der Waals surface area contributed by atoms with Crippen molar-refractivity contribution >= 4 is 27.5 Å². The Balaban J connectivity index is 1.90. The Morgan fingerprint density at radius 1 is 1.42 bits per heavy atom. The Morgan fingerprint density at radius 3 is 2.96 bits per heavy atom. The lowest BCUT2D eigenvalue weighted by molar-refractivity contribution is -0.118. The Kier molecular flexibility index (Phi) is 5.79. The van der Waals surface area contributed by atoms with Gasteiger partial charge in [-0.15, -0.1) is 0 Å². The molecule has 0 radical (unpaired) electrons. The van der Waals surface area contributed by atoms with Crippen LogP contribution in [-0.2, 0) is 16.1 Å². The van der Waals surface area contributed by atoms with E-state index in [9.17, 15) is 9.18 Å². The van der Waals surface area contributed by atoms with Crippen molar-refractivity contribution in [1.82, 2.24) is 4.57 Å². The lowest BCUT2D eigenvalue weighted by Gasteiger charge is -2.06. The summed E-state index contributed by atoms with van der Waals surface area (Å²) in [6, 6.07) is 4.68. The van der Waals surface area contributed by atoms with Crippen LogP contribution < -0.4 is 4.80 Å². The summed E-state index contributed by atoms with van der Waals surface area (Å²) < 4.78 is 21.7. The summed E-state index contributed by atoms with van der Waals surface area (Å²) in [5, 5.41) is 0. The van der Waals surface area contributed by atoms with E-state index < -0.39 is 0 Å². The molecular weight excluding hydrogens is 327 g/mol. The van der Waals surface area contributed by atoms with Gasteiger partial charge in [0, 0.05) is 19.6 Å². The number of nitrogens with zero attached hydrogens (tertiary/aromatic N) is 2. The average molecular weight is 350 g/mol. The van der Waals surface area contributed by atoms with Gasteiger partial charge in [0.1, 0.15) is 5.82 Å². The van der Waals surface area contributed by atoms with E-state index in [1.165, 1.54) is 36.3 Å². The number of rotatable bonds is 6. The molecule has 0 saturated heterocycles. The highest BCUT2D eigenvalue weighted by molar-refractivity contribution is 7.16. The number of fused-ring (bicyclic) bond motifs is 1. The first-order valence-corrected chi connectivity index (χ1v) is 9.43. The lowest BCUT2D eigenvalue weighted by atomic mass is 10.0. The van der Waals surface area contributed by atoms with E-state index in [4.69, 9.17) is 4.74 Å². The molecule has 0 aliphatic heterocycles. The van der Waals surface area contributed by atoms with Crippen LogP contribution in [0.5, 0.6) is 0 Å². The first kappa shape index (κ1) is 17.3. The van der Waals surface area contributed by atoms with Gasteiger partial charge in [-0.05, 0) is 43.9 Å². The molecule has 0 spiro atoms. The summed E-state index contributed by atoms with van der Waals surface area (Å²) in [5.41, 5.74) is 0.897. The molecular formula is C18H23FN2O2S. The van der Waals surface area contributed by atoms with Crippen LogP contribution in [0, 0.1) is 11.7 Å². The van der Waals surface area contributed by atoms with Gasteiger partial charge in [-0.1, -0.05) is 24.2 Å². The van der Waals surface area contributed by atoms with Gasteiger partial charge < -0.3 is 9.30 Å². The number of carbonyl (C=O) groups is 1. The highest BCUT2D eigenvalue weighted by Crippen LogP contribution is 2.27. The largest absolute Gasteiger partial charge is 0.380 e. The molecule has 24 heavy (non-hydrogen) atoms. The Morgan fingerprint density at radius 2 is 2.21 bits per heavy atom. The van der Waals surface area contributed by atoms with Crippen molar-refractivity contribution in [2.75, 3.05) is 13.2 Å². The van der Waals surface area contributed by atoms with Crippen LogP contribution in [0.25, 0.3) is 10.2 Å². The lowest BCUT2D eigenvalue weighted by Crippen LogP contribution is -2.20. The Hall–Kier alpha value is -1.53. The molecule has 2 aromatic rings. The van der Waals surface area contributed by atoms with E-state index in [1.807, 2.05) is 11.5 Å². The molecule has 1 saturated carbocycles. The third-order valence-electron chi connectivity index (χ3n) is 4.47. The molecule has 0 atom stereocenters. The molecule has 0 bridgehead atoms. The first-order chi connectivity index (χ1) is 11.7. The number of benzene rings is 1. The second kappa shape index (κ2) is 8.03. The number of ether oxygens (including phenoxy) is 1. The summed E-state index contributed by atoms with van der Waals surface area (Å²) in [6.45, 7) is 3.74. The minimum atomic E-state index is -0.274. The predicted molar refractivity (Wildman–Crippen MR) is 93.4 cm³/mol. The van der Waals surface area contributed by atoms with E-state index in [0.29, 0.717) is 36.9 Å². The van der Waals surface area contributed by atoms with Crippen molar-refractivity contribution in [3.05, 3.63) is 28.8 Å². The van der Waals surface area contributed by atoms with Crippen LogP contribution >= 0.6 is 11.3 Å². The Bertz CT molecular complexity index is 775. The predicted octanol–water partition coefficient (Wildman–Crippen LogP) is 3.89. The van der Waals surface area contributed by atoms with Crippen molar-refractivity contribution in [3.8, 4) is 0 Å². The second-order valence-electron chi connectivity index (χ2n) is 6.21. The third kappa shape index (κ3) is 4.11. The fraction of sp³-hybridized carbons (Fsp3) is 0.556. The maximum absolute atomic E-state index is 13.5. The van der Waals surface area contributed by atoms with E-state index >= 15 is 0 Å². The molecule has 3 rings (SSSR count). The number of thiazole rings is 1. The maximum atomic E-state index is 13.5. The van der Waals surface area contributed by atoms with Gasteiger partial charge in [0.15, 0.2) is 4.80 Å². The van der Waals surface area contributed by atoms with Crippen LogP contribution in [0.3, 0.4) is 0 Å². The minimum absolute atomic E-state index is 0.0703. The van der Waals surface area contributed by atoms with Gasteiger partial charge >= 0.3 is 0 Å². The monoisotopic (exact) mass is 350 g/mol. The fourth-order valence-electron chi connectivity index (χ4n) is 3.26. The SMILES string of the molecule is CCOCCn1c(=NC(=O)CC2CCCC2)sc2cc(F)ccc21. The van der Waals surface area contributed by atoms with Crippen LogP contribution in [0.2, 0.25) is 0 Å². The first-order valence-electron chi connectivity index (χ1n) is 8.61. The standard InChI is InChI=1S/C18H23FN2O2S/c1-2-23-10-9-21-15-8-7-14(19)12-16(15)24-18(21)20-17(22)11-13-5-3-4-6-13/h7-8,12-13H,2-6,9-11H2,1H3. The highest BCUT2D eigenvalue weighted by Gasteiger charge is 2.18. The zero-order chi connectivity index (χ0) is 16.9. The molecule has 6 heteroatoms. The average Bonchev–Trinajstić information content (AvgIpc) is 3.15. The zero-order valence-electron chi connectivity index (χ0n) is 14.0. The number of halogens is 1. The molecule has 0 N–H and O–H groups in total. The van der Waals surface area contributed by atoms with E-state index in [-0.39, 0.29) is 11.7 Å². The normalized spacial score (nSPS) is 16.3. The molecule has 1 aromatic carbocycles. The van der Waals surface area contributed by atoms with Crippen LogP contribution in [0.15, 0.2) is 23.2 Å². The second-order valence-corrected chi connectivity index (χ2v) is 7.21. The van der Waals surface area contributed by atoms with Crippen molar-refractivity contribution in [2.24, 2.45) is 10.9 Å². The fourth-order valence-corrected chi connectivity index (χ4v) is 4.36. The van der Waals surface area contributed by atoms with E-state index in [0.717, 1.165) is 23.1 Å². The summed E-state index contributed by atoms with van der Waals surface area (Å²) >= 11 is 1.36. The molecule has 4 nitrogen and oxygen atoms in total. The summed E-state index contributed by atoms with van der Waals surface area (Å²) in [5.74, 6) is 0.133. The maximum Gasteiger partial charge on any atom is 0.248 e. The molecule has 0 unspecified atom stereocenters. The van der Waals surface area contributed by atoms with Gasteiger partial charge in [0.25, 0.3) is 0 Å². The van der Waals surface area contributed by atoms with E-state index in [2.05, 4.69) is 4.99 Å². The van der Waals surface area contributed by atoms with Crippen molar-refractivity contribution in [1.29, 1.82) is 0 Å². The van der Waals surface area contributed by atoms with E-state index in [1.54, 1.807) is 6.07 Å². The van der Waals surface area contributed by atoms with Crippen LogP contribution in [-0.4, -0.2) is 23.7 Å². The molecule has 1 aromatic heterocycles. The third-order valence-corrected chi connectivity index (χ3v) is 5.51. The highest BCUT2D eigenvalue weighted by atomic mass is 32.1. The molecule has 1 aliphatic carbocycles. The van der Waals surface area contributed by atoms with Gasteiger partial charge in [-0.2, -0.15) is 4.99 Å². The Labute approximate surface area is 145 Å². The van der Waals surface area contributed by atoms with Gasteiger partial charge in [-0.25, -0.2) is 4.39 Å². The molecule has 1 aliphatic rings. The number of amides is 1. The minimum Gasteiger partial charge on any atom is -0.380 e.